The molecule has 0 aromatic carbocycles. The molecule has 0 N–H and O–H groups in total. The minimum atomic E-state index is 0.189. The smallest absolute Gasteiger partial charge is 0.240 e. The predicted octanol–water partition coefficient (Wildman–Crippen LogP) is 0.479. The normalized spacial score (nSPS) is 29.1. The molecule has 0 aromatic heterocycles. The fraction of sp³-hybridized carbons (Fsp3) is 0.700. The molecule has 0 saturated carbocycles. The van der Waals surface area contributed by atoms with Crippen LogP contribution in [0.2, 0.25) is 0 Å². The quantitative estimate of drug-likeness (QED) is 0.590. The minimum absolute atomic E-state index is 0.189. The number of amides is 1. The van der Waals surface area contributed by atoms with Crippen LogP contribution in [-0.4, -0.2) is 47.9 Å². The van der Waals surface area contributed by atoms with Crippen LogP contribution in [0, 0.1) is 0 Å². The number of hydrogen-bond acceptors (Lipinski definition) is 2. The first-order chi connectivity index (χ1) is 6.33. The molecule has 1 atom stereocenters. The molecule has 0 radical (unpaired) electrons. The zero-order valence-electron chi connectivity index (χ0n) is 7.91. The lowest BCUT2D eigenvalue weighted by atomic mass is 10.1. The molecule has 0 spiro atoms. The molecular formula is C10H16N2O. The van der Waals surface area contributed by atoms with E-state index in [1.54, 1.807) is 6.08 Å². The molecule has 2 aliphatic rings. The van der Waals surface area contributed by atoms with E-state index in [9.17, 15) is 4.79 Å². The van der Waals surface area contributed by atoms with Crippen LogP contribution in [-0.2, 0) is 4.79 Å². The van der Waals surface area contributed by atoms with E-state index >= 15 is 0 Å². The van der Waals surface area contributed by atoms with Gasteiger partial charge in [0.2, 0.25) is 5.91 Å². The van der Waals surface area contributed by atoms with Crippen LogP contribution in [0.3, 0.4) is 0 Å². The first-order valence-corrected chi connectivity index (χ1v) is 4.96. The molecule has 0 aliphatic carbocycles. The van der Waals surface area contributed by atoms with Crippen molar-refractivity contribution in [3.05, 3.63) is 12.7 Å². The Balaban J connectivity index is 1.93. The molecule has 0 aromatic rings. The fourth-order valence-electron chi connectivity index (χ4n) is 2.05. The maximum absolute atomic E-state index is 11.8. The maximum Gasteiger partial charge on any atom is 0.240 e. The van der Waals surface area contributed by atoms with Crippen molar-refractivity contribution in [2.75, 3.05) is 26.2 Å². The van der Waals surface area contributed by atoms with Crippen LogP contribution in [0.5, 0.6) is 0 Å². The Morgan fingerprint density at radius 3 is 2.77 bits per heavy atom. The maximum atomic E-state index is 11.8. The van der Waals surface area contributed by atoms with Crippen LogP contribution in [0.25, 0.3) is 0 Å². The van der Waals surface area contributed by atoms with Crippen molar-refractivity contribution in [1.29, 1.82) is 0 Å². The third kappa shape index (κ3) is 1.48. The van der Waals surface area contributed by atoms with E-state index in [1.165, 1.54) is 6.42 Å². The van der Waals surface area contributed by atoms with E-state index in [1.807, 2.05) is 4.90 Å². The van der Waals surface area contributed by atoms with Gasteiger partial charge in [0.05, 0.1) is 6.04 Å². The molecule has 2 heterocycles. The number of carbonyl (C=O) groups excluding carboxylic acids is 1. The average Bonchev–Trinajstić information content (AvgIpc) is 2.34. The number of rotatable bonds is 3. The van der Waals surface area contributed by atoms with Crippen LogP contribution in [0.4, 0.5) is 0 Å². The highest BCUT2D eigenvalue weighted by atomic mass is 16.2. The van der Waals surface area contributed by atoms with E-state index in [4.69, 9.17) is 0 Å². The van der Waals surface area contributed by atoms with Crippen molar-refractivity contribution >= 4 is 5.91 Å². The molecule has 2 aliphatic heterocycles. The van der Waals surface area contributed by atoms with E-state index in [0.717, 1.165) is 26.1 Å². The second kappa shape index (κ2) is 3.50. The van der Waals surface area contributed by atoms with Gasteiger partial charge in [0.15, 0.2) is 0 Å². The Morgan fingerprint density at radius 2 is 2.23 bits per heavy atom. The van der Waals surface area contributed by atoms with Crippen molar-refractivity contribution in [3.8, 4) is 0 Å². The summed E-state index contributed by atoms with van der Waals surface area (Å²) in [6.45, 7) is 7.49. The van der Waals surface area contributed by atoms with Gasteiger partial charge >= 0.3 is 0 Å². The second-order valence-corrected chi connectivity index (χ2v) is 3.77. The summed E-state index contributed by atoms with van der Waals surface area (Å²) in [5, 5.41) is 0. The van der Waals surface area contributed by atoms with E-state index in [0.29, 0.717) is 12.5 Å². The van der Waals surface area contributed by atoms with Gasteiger partial charge in [0.1, 0.15) is 0 Å². The van der Waals surface area contributed by atoms with Gasteiger partial charge < -0.3 is 4.90 Å². The number of hydrogen-bond donors (Lipinski definition) is 0. The molecule has 72 valence electrons. The highest BCUT2D eigenvalue weighted by Crippen LogP contribution is 2.21. The van der Waals surface area contributed by atoms with Crippen molar-refractivity contribution in [2.45, 2.75) is 18.9 Å². The molecule has 1 amide bonds. The van der Waals surface area contributed by atoms with Gasteiger partial charge in [-0.15, -0.1) is 6.58 Å². The van der Waals surface area contributed by atoms with Gasteiger partial charge in [-0.1, -0.05) is 6.08 Å². The Morgan fingerprint density at radius 1 is 1.46 bits per heavy atom. The third-order valence-electron chi connectivity index (χ3n) is 2.95. The molecule has 3 nitrogen and oxygen atoms in total. The van der Waals surface area contributed by atoms with Gasteiger partial charge in [-0.25, -0.2) is 0 Å². The zero-order valence-corrected chi connectivity index (χ0v) is 7.91. The predicted molar refractivity (Wildman–Crippen MR) is 51.4 cm³/mol. The fourth-order valence-corrected chi connectivity index (χ4v) is 2.05. The molecule has 2 fully saturated rings. The Hall–Kier alpha value is -0.830. The minimum Gasteiger partial charge on any atom is -0.338 e. The Bertz CT molecular complexity index is 223. The summed E-state index contributed by atoms with van der Waals surface area (Å²) in [6.07, 6.45) is 4.06. The summed E-state index contributed by atoms with van der Waals surface area (Å²) in [5.41, 5.74) is 0. The molecule has 2 rings (SSSR count). The topological polar surface area (TPSA) is 23.6 Å². The van der Waals surface area contributed by atoms with E-state index in [-0.39, 0.29) is 6.04 Å². The Labute approximate surface area is 79.0 Å². The summed E-state index contributed by atoms with van der Waals surface area (Å²) < 4.78 is 0. The third-order valence-corrected chi connectivity index (χ3v) is 2.95. The van der Waals surface area contributed by atoms with Gasteiger partial charge in [-0.05, 0) is 12.8 Å². The first-order valence-electron chi connectivity index (χ1n) is 4.96. The molecule has 2 saturated heterocycles. The van der Waals surface area contributed by atoms with Crippen LogP contribution in [0.1, 0.15) is 12.8 Å². The SMILES string of the molecule is C=CCN1CCC(N2CCC2)C1=O. The average molecular weight is 180 g/mol. The highest BCUT2D eigenvalue weighted by Gasteiger charge is 2.37. The van der Waals surface area contributed by atoms with Crippen LogP contribution < -0.4 is 0 Å². The van der Waals surface area contributed by atoms with E-state index < -0.39 is 0 Å². The summed E-state index contributed by atoms with van der Waals surface area (Å²) in [6, 6.07) is 0.189. The number of nitrogens with zero attached hydrogens (tertiary/aromatic N) is 2. The number of carbonyl (C=O) groups is 1. The first kappa shape index (κ1) is 8.75. The molecule has 1 unspecified atom stereocenters. The second-order valence-electron chi connectivity index (χ2n) is 3.77. The summed E-state index contributed by atoms with van der Waals surface area (Å²) in [5.74, 6) is 0.305. The summed E-state index contributed by atoms with van der Waals surface area (Å²) in [4.78, 5) is 15.9. The molecule has 0 bridgehead atoms. The summed E-state index contributed by atoms with van der Waals surface area (Å²) in [7, 11) is 0. The van der Waals surface area contributed by atoms with Gasteiger partial charge in [0.25, 0.3) is 0 Å². The van der Waals surface area contributed by atoms with Crippen molar-refractivity contribution in [1.82, 2.24) is 9.80 Å². The molecule has 3 heteroatoms. The van der Waals surface area contributed by atoms with Crippen LogP contribution >= 0.6 is 0 Å². The molecular weight excluding hydrogens is 164 g/mol. The van der Waals surface area contributed by atoms with Gasteiger partial charge in [-0.2, -0.15) is 0 Å². The molecule has 13 heavy (non-hydrogen) atoms. The zero-order chi connectivity index (χ0) is 9.26. The van der Waals surface area contributed by atoms with Crippen LogP contribution in [0.15, 0.2) is 12.7 Å². The van der Waals surface area contributed by atoms with Crippen molar-refractivity contribution in [3.63, 3.8) is 0 Å². The number of likely N-dealkylation sites (tertiary alicyclic amines) is 2. The standard InChI is InChI=1S/C10H16N2O/c1-2-5-12-8-4-9(10(12)13)11-6-3-7-11/h2,9H,1,3-8H2. The lowest BCUT2D eigenvalue weighted by molar-refractivity contribution is -0.132. The summed E-state index contributed by atoms with van der Waals surface area (Å²) >= 11 is 0. The van der Waals surface area contributed by atoms with E-state index in [2.05, 4.69) is 11.5 Å². The lowest BCUT2D eigenvalue weighted by Gasteiger charge is -2.35. The van der Waals surface area contributed by atoms with Crippen molar-refractivity contribution in [2.24, 2.45) is 0 Å². The van der Waals surface area contributed by atoms with Gasteiger partial charge in [-0.3, -0.25) is 9.69 Å². The largest absolute Gasteiger partial charge is 0.338 e. The highest BCUT2D eigenvalue weighted by molar-refractivity contribution is 5.84. The lowest BCUT2D eigenvalue weighted by Crippen LogP contribution is -2.48. The Kier molecular flexibility index (Phi) is 2.36. The monoisotopic (exact) mass is 180 g/mol. The van der Waals surface area contributed by atoms with Gasteiger partial charge in [0, 0.05) is 26.2 Å². The van der Waals surface area contributed by atoms with Crippen molar-refractivity contribution < 1.29 is 4.79 Å².